The number of carbonyl (C=O) groups excluding carboxylic acids is 1. The van der Waals surface area contributed by atoms with E-state index in [1.807, 2.05) is 35.2 Å². The lowest BCUT2D eigenvalue weighted by Crippen LogP contribution is -2.41. The number of aliphatic hydroxyl groups excluding tert-OH is 1. The first-order chi connectivity index (χ1) is 13.6. The minimum absolute atomic E-state index is 0.122. The maximum atomic E-state index is 12.4. The lowest BCUT2D eigenvalue weighted by Gasteiger charge is -2.33. The summed E-state index contributed by atoms with van der Waals surface area (Å²) in [5.74, 6) is 1.92. The van der Waals surface area contributed by atoms with E-state index in [9.17, 15) is 9.90 Å². The Morgan fingerprint density at radius 2 is 1.75 bits per heavy atom. The van der Waals surface area contributed by atoms with Crippen LogP contribution in [0.4, 0.5) is 0 Å². The van der Waals surface area contributed by atoms with E-state index in [0.29, 0.717) is 31.1 Å². The third-order valence-electron chi connectivity index (χ3n) is 4.90. The normalized spacial score (nSPS) is 16.2. The number of methoxy groups -OCH3 is 3. The first kappa shape index (κ1) is 20.0. The van der Waals surface area contributed by atoms with Gasteiger partial charge in [-0.05, 0) is 18.2 Å². The van der Waals surface area contributed by atoms with Crippen molar-refractivity contribution in [2.45, 2.75) is 19.2 Å². The molecule has 1 amide bonds. The molecule has 2 aromatic rings. The van der Waals surface area contributed by atoms with Crippen LogP contribution in [0.3, 0.4) is 0 Å². The van der Waals surface area contributed by atoms with Gasteiger partial charge in [0.1, 0.15) is 17.2 Å². The van der Waals surface area contributed by atoms with Crippen LogP contribution in [0, 0.1) is 0 Å². The van der Waals surface area contributed by atoms with Crippen molar-refractivity contribution in [3.05, 3.63) is 53.1 Å². The zero-order valence-electron chi connectivity index (χ0n) is 16.4. The van der Waals surface area contributed by atoms with Crippen LogP contribution in [0.2, 0.25) is 0 Å². The Kier molecular flexibility index (Phi) is 6.38. The fraction of sp³-hybridized carbons (Fsp3) is 0.381. The number of benzene rings is 2. The molecule has 1 heterocycles. The summed E-state index contributed by atoms with van der Waals surface area (Å²) >= 11 is 0. The molecule has 0 radical (unpaired) electrons. The third-order valence-corrected chi connectivity index (χ3v) is 4.90. The number of nitrogens with zero attached hydrogens (tertiary/aromatic N) is 1. The highest BCUT2D eigenvalue weighted by Gasteiger charge is 2.30. The summed E-state index contributed by atoms with van der Waals surface area (Å²) in [6, 6.07) is 11.2. The molecule has 7 heteroatoms. The molecule has 1 atom stereocenters. The summed E-state index contributed by atoms with van der Waals surface area (Å²) in [5, 5.41) is 13.5. The average molecular weight is 386 g/mol. The lowest BCUT2D eigenvalue weighted by atomic mass is 9.95. The van der Waals surface area contributed by atoms with Gasteiger partial charge in [-0.1, -0.05) is 18.2 Å². The molecule has 28 heavy (non-hydrogen) atoms. The quantitative estimate of drug-likeness (QED) is 0.756. The highest BCUT2D eigenvalue weighted by Crippen LogP contribution is 2.39. The van der Waals surface area contributed by atoms with E-state index in [1.165, 1.54) is 0 Å². The monoisotopic (exact) mass is 386 g/mol. The van der Waals surface area contributed by atoms with Crippen molar-refractivity contribution in [2.24, 2.45) is 0 Å². The minimum atomic E-state index is -0.754. The van der Waals surface area contributed by atoms with Gasteiger partial charge in [-0.3, -0.25) is 9.69 Å². The number of rotatable bonds is 7. The second-order valence-corrected chi connectivity index (χ2v) is 6.64. The van der Waals surface area contributed by atoms with E-state index in [-0.39, 0.29) is 12.5 Å². The van der Waals surface area contributed by atoms with E-state index in [4.69, 9.17) is 14.2 Å². The largest absolute Gasteiger partial charge is 0.496 e. The molecule has 1 aliphatic rings. The Morgan fingerprint density at radius 3 is 2.46 bits per heavy atom. The number of β-amino-alcohol motifs (C(OH)–C–C–N with tert-alkyl or cyclic N) is 1. The highest BCUT2D eigenvalue weighted by atomic mass is 16.5. The van der Waals surface area contributed by atoms with Crippen LogP contribution in [0.15, 0.2) is 36.4 Å². The van der Waals surface area contributed by atoms with Crippen molar-refractivity contribution in [3.8, 4) is 17.2 Å². The maximum absolute atomic E-state index is 12.4. The van der Waals surface area contributed by atoms with Gasteiger partial charge in [-0.15, -0.1) is 0 Å². The van der Waals surface area contributed by atoms with Crippen LogP contribution >= 0.6 is 0 Å². The molecule has 0 saturated carbocycles. The van der Waals surface area contributed by atoms with E-state index in [2.05, 4.69) is 5.32 Å². The first-order valence-corrected chi connectivity index (χ1v) is 9.10. The molecule has 0 saturated heterocycles. The van der Waals surface area contributed by atoms with Gasteiger partial charge >= 0.3 is 0 Å². The number of nitrogens with one attached hydrogen (secondary N) is 1. The number of fused-ring (bicyclic) bond motifs is 1. The lowest BCUT2D eigenvalue weighted by molar-refractivity contribution is -0.123. The Balaban J connectivity index is 1.67. The Morgan fingerprint density at radius 1 is 1.07 bits per heavy atom. The number of ether oxygens (including phenoxy) is 3. The summed E-state index contributed by atoms with van der Waals surface area (Å²) in [6.45, 7) is 1.40. The van der Waals surface area contributed by atoms with Crippen LogP contribution in [-0.4, -0.2) is 50.3 Å². The van der Waals surface area contributed by atoms with Crippen molar-refractivity contribution in [1.29, 1.82) is 0 Å². The van der Waals surface area contributed by atoms with Crippen LogP contribution in [-0.2, 0) is 17.9 Å². The summed E-state index contributed by atoms with van der Waals surface area (Å²) in [5.41, 5.74) is 2.49. The molecule has 0 aliphatic carbocycles. The van der Waals surface area contributed by atoms with Gasteiger partial charge in [0.15, 0.2) is 0 Å². The summed E-state index contributed by atoms with van der Waals surface area (Å²) in [7, 11) is 4.77. The van der Waals surface area contributed by atoms with Crippen molar-refractivity contribution >= 4 is 5.91 Å². The van der Waals surface area contributed by atoms with Crippen molar-refractivity contribution in [1.82, 2.24) is 10.2 Å². The zero-order valence-corrected chi connectivity index (χ0v) is 16.4. The van der Waals surface area contributed by atoms with Gasteiger partial charge in [0, 0.05) is 36.3 Å². The molecular formula is C21H26N2O5. The third kappa shape index (κ3) is 4.21. The van der Waals surface area contributed by atoms with Crippen LogP contribution in [0.5, 0.6) is 17.2 Å². The number of hydrogen-bond acceptors (Lipinski definition) is 6. The number of aliphatic hydroxyl groups is 1. The molecule has 2 aromatic carbocycles. The second kappa shape index (κ2) is 8.95. The molecule has 3 rings (SSSR count). The average Bonchev–Trinajstić information content (AvgIpc) is 2.71. The van der Waals surface area contributed by atoms with Crippen molar-refractivity contribution in [2.75, 3.05) is 34.4 Å². The predicted octanol–water partition coefficient (Wildman–Crippen LogP) is 1.88. The van der Waals surface area contributed by atoms with Gasteiger partial charge < -0.3 is 24.6 Å². The molecule has 0 spiro atoms. The summed E-state index contributed by atoms with van der Waals surface area (Å²) in [6.07, 6.45) is -0.754. The molecule has 0 bridgehead atoms. The fourth-order valence-corrected chi connectivity index (χ4v) is 3.57. The molecule has 1 aliphatic heterocycles. The molecule has 0 fully saturated rings. The van der Waals surface area contributed by atoms with Gasteiger partial charge in [-0.2, -0.15) is 0 Å². The molecule has 2 N–H and O–H groups in total. The second-order valence-electron chi connectivity index (χ2n) is 6.64. The molecular weight excluding hydrogens is 360 g/mol. The number of hydrogen-bond donors (Lipinski definition) is 2. The molecule has 0 aromatic heterocycles. The smallest absolute Gasteiger partial charge is 0.234 e. The zero-order chi connectivity index (χ0) is 20.1. The van der Waals surface area contributed by atoms with Crippen molar-refractivity contribution in [3.63, 3.8) is 0 Å². The van der Waals surface area contributed by atoms with Crippen LogP contribution in [0.1, 0.15) is 22.8 Å². The van der Waals surface area contributed by atoms with Crippen molar-refractivity contribution < 1.29 is 24.1 Å². The minimum Gasteiger partial charge on any atom is -0.496 e. The fourth-order valence-electron chi connectivity index (χ4n) is 3.57. The SMILES string of the molecule is COc1ccccc1CNC(=O)CN1Cc2c(OC)ccc(OC)c2[C@H](O)C1. The maximum Gasteiger partial charge on any atom is 0.234 e. The van der Waals surface area contributed by atoms with Gasteiger partial charge in [0.05, 0.1) is 34.0 Å². The summed E-state index contributed by atoms with van der Waals surface area (Å²) < 4.78 is 16.1. The first-order valence-electron chi connectivity index (χ1n) is 9.10. The number of para-hydroxylation sites is 1. The van der Waals surface area contributed by atoms with E-state index >= 15 is 0 Å². The molecule has 7 nitrogen and oxygen atoms in total. The predicted molar refractivity (Wildman–Crippen MR) is 105 cm³/mol. The summed E-state index contributed by atoms with van der Waals surface area (Å²) in [4.78, 5) is 14.3. The number of amides is 1. The Hall–Kier alpha value is -2.77. The van der Waals surface area contributed by atoms with Crippen LogP contribution in [0.25, 0.3) is 0 Å². The molecule has 0 unspecified atom stereocenters. The molecule has 150 valence electrons. The number of carbonyl (C=O) groups is 1. The van der Waals surface area contributed by atoms with Gasteiger partial charge in [-0.25, -0.2) is 0 Å². The highest BCUT2D eigenvalue weighted by molar-refractivity contribution is 5.78. The topological polar surface area (TPSA) is 80.3 Å². The van der Waals surface area contributed by atoms with E-state index < -0.39 is 6.10 Å². The Labute approximate surface area is 164 Å². The van der Waals surface area contributed by atoms with Gasteiger partial charge in [0.2, 0.25) is 5.91 Å². The van der Waals surface area contributed by atoms with E-state index in [1.54, 1.807) is 27.4 Å². The van der Waals surface area contributed by atoms with Gasteiger partial charge in [0.25, 0.3) is 0 Å². The van der Waals surface area contributed by atoms with E-state index in [0.717, 1.165) is 22.4 Å². The Bertz CT molecular complexity index is 840. The standard InChI is InChI=1S/C21H26N2O5/c1-26-17-7-5-4-6-14(17)10-22-20(25)13-23-11-15-18(27-2)8-9-19(28-3)21(15)16(24)12-23/h4-9,16,24H,10-13H2,1-3H3,(H,22,25)/t16-/m1/s1. The van der Waals surface area contributed by atoms with Crippen LogP contribution < -0.4 is 19.5 Å².